The summed E-state index contributed by atoms with van der Waals surface area (Å²) in [6, 6.07) is 11.9. The summed E-state index contributed by atoms with van der Waals surface area (Å²) >= 11 is 0. The third-order valence-electron chi connectivity index (χ3n) is 5.30. The summed E-state index contributed by atoms with van der Waals surface area (Å²) in [5.74, 6) is -0.522. The fraction of sp³-hybridized carbons (Fsp3) is 0.333. The molecule has 0 aromatic heterocycles. The van der Waals surface area contributed by atoms with Crippen molar-refractivity contribution in [2.75, 3.05) is 30.3 Å². The van der Waals surface area contributed by atoms with Gasteiger partial charge >= 0.3 is 0 Å². The average Bonchev–Trinajstić information content (AvgIpc) is 2.75. The fourth-order valence-electron chi connectivity index (χ4n) is 3.63. The van der Waals surface area contributed by atoms with Crippen molar-refractivity contribution in [2.24, 2.45) is 5.92 Å². The zero-order chi connectivity index (χ0) is 21.3. The molecule has 1 saturated heterocycles. The van der Waals surface area contributed by atoms with Gasteiger partial charge in [-0.05, 0) is 50.1 Å². The lowest BCUT2D eigenvalue weighted by Crippen LogP contribution is -2.43. The van der Waals surface area contributed by atoms with Crippen molar-refractivity contribution < 1.29 is 22.7 Å². The molecule has 2 aromatic carbocycles. The molecule has 0 bridgehead atoms. The molecule has 0 spiro atoms. The van der Waals surface area contributed by atoms with E-state index in [0.29, 0.717) is 36.5 Å². The predicted molar refractivity (Wildman–Crippen MR) is 112 cm³/mol. The highest BCUT2D eigenvalue weighted by atomic mass is 32.2. The molecule has 1 atom stereocenters. The number of rotatable bonds is 4. The Bertz CT molecular complexity index is 1080. The van der Waals surface area contributed by atoms with E-state index < -0.39 is 15.9 Å². The molecular formula is C21H23N3O5S. The Hall–Kier alpha value is -2.91. The van der Waals surface area contributed by atoms with E-state index in [0.717, 1.165) is 5.56 Å². The molecule has 9 heteroatoms. The van der Waals surface area contributed by atoms with E-state index in [4.69, 9.17) is 4.74 Å². The Kier molecular flexibility index (Phi) is 5.48. The van der Waals surface area contributed by atoms with Crippen LogP contribution in [0.15, 0.2) is 47.4 Å². The van der Waals surface area contributed by atoms with Crippen LogP contribution in [0.2, 0.25) is 0 Å². The maximum atomic E-state index is 13.2. The summed E-state index contributed by atoms with van der Waals surface area (Å²) in [7, 11) is -3.81. The minimum atomic E-state index is -3.81. The van der Waals surface area contributed by atoms with E-state index in [1.165, 1.54) is 22.5 Å². The van der Waals surface area contributed by atoms with Crippen molar-refractivity contribution >= 4 is 33.2 Å². The molecule has 4 rings (SSSR count). The van der Waals surface area contributed by atoms with Crippen LogP contribution in [-0.2, 0) is 19.6 Å². The van der Waals surface area contributed by atoms with Gasteiger partial charge < -0.3 is 15.4 Å². The van der Waals surface area contributed by atoms with E-state index in [2.05, 4.69) is 10.6 Å². The number of aryl methyl sites for hydroxylation is 1. The number of carbonyl (C=O) groups excluding carboxylic acids is 2. The number of benzene rings is 2. The molecule has 158 valence electrons. The SMILES string of the molecule is Cc1ccc(NC(=O)C2CCCN(S(=O)(=O)c3ccc4c(c3)NC(=O)CO4)C2)cc1. The summed E-state index contributed by atoms with van der Waals surface area (Å²) in [4.78, 5) is 24.3. The number of nitrogens with one attached hydrogen (secondary N) is 2. The second-order valence-electron chi connectivity index (χ2n) is 7.55. The van der Waals surface area contributed by atoms with Crippen LogP contribution in [0.25, 0.3) is 0 Å². The second-order valence-corrected chi connectivity index (χ2v) is 9.49. The van der Waals surface area contributed by atoms with Gasteiger partial charge in [0, 0.05) is 18.8 Å². The average molecular weight is 429 g/mol. The van der Waals surface area contributed by atoms with Crippen LogP contribution in [0.5, 0.6) is 5.75 Å². The standard InChI is InChI=1S/C21H23N3O5S/c1-14-4-6-16(7-5-14)22-21(26)15-3-2-10-24(12-15)30(27,28)17-8-9-19-18(11-17)23-20(25)13-29-19/h4-9,11,15H,2-3,10,12-13H2,1H3,(H,22,26)(H,23,25). The zero-order valence-electron chi connectivity index (χ0n) is 16.6. The van der Waals surface area contributed by atoms with Gasteiger partial charge in [0.1, 0.15) is 5.75 Å². The van der Waals surface area contributed by atoms with Crippen molar-refractivity contribution in [1.29, 1.82) is 0 Å². The molecular weight excluding hydrogens is 406 g/mol. The third kappa shape index (κ3) is 4.17. The first kappa shape index (κ1) is 20.4. The van der Waals surface area contributed by atoms with Gasteiger partial charge in [0.25, 0.3) is 5.91 Å². The number of piperidine rings is 1. The number of carbonyl (C=O) groups is 2. The van der Waals surface area contributed by atoms with E-state index in [9.17, 15) is 18.0 Å². The number of sulfonamides is 1. The molecule has 0 radical (unpaired) electrons. The Balaban J connectivity index is 1.49. The fourth-order valence-corrected chi connectivity index (χ4v) is 5.18. The van der Waals surface area contributed by atoms with E-state index in [-0.39, 0.29) is 29.9 Å². The molecule has 1 unspecified atom stereocenters. The Morgan fingerprint density at radius 2 is 1.97 bits per heavy atom. The van der Waals surface area contributed by atoms with Gasteiger partial charge in [-0.3, -0.25) is 9.59 Å². The van der Waals surface area contributed by atoms with Gasteiger partial charge in [0.2, 0.25) is 15.9 Å². The molecule has 2 heterocycles. The molecule has 8 nitrogen and oxygen atoms in total. The van der Waals surface area contributed by atoms with Crippen LogP contribution in [0.4, 0.5) is 11.4 Å². The lowest BCUT2D eigenvalue weighted by molar-refractivity contribution is -0.121. The van der Waals surface area contributed by atoms with Gasteiger partial charge in [-0.1, -0.05) is 17.7 Å². The smallest absolute Gasteiger partial charge is 0.262 e. The van der Waals surface area contributed by atoms with Crippen LogP contribution >= 0.6 is 0 Å². The monoisotopic (exact) mass is 429 g/mol. The molecule has 2 aliphatic heterocycles. The molecule has 2 amide bonds. The highest BCUT2D eigenvalue weighted by molar-refractivity contribution is 7.89. The summed E-state index contributed by atoms with van der Waals surface area (Å²) in [6.07, 6.45) is 1.22. The Morgan fingerprint density at radius 1 is 1.20 bits per heavy atom. The Labute approximate surface area is 175 Å². The number of hydrogen-bond donors (Lipinski definition) is 2. The molecule has 0 saturated carbocycles. The maximum absolute atomic E-state index is 13.2. The summed E-state index contributed by atoms with van der Waals surface area (Å²) < 4.78 is 32.9. The highest BCUT2D eigenvalue weighted by Gasteiger charge is 2.34. The lowest BCUT2D eigenvalue weighted by atomic mass is 9.98. The number of fused-ring (bicyclic) bond motifs is 1. The van der Waals surface area contributed by atoms with E-state index in [1.807, 2.05) is 31.2 Å². The molecule has 2 aromatic rings. The van der Waals surface area contributed by atoms with Crippen molar-refractivity contribution in [3.63, 3.8) is 0 Å². The number of ether oxygens (including phenoxy) is 1. The van der Waals surface area contributed by atoms with Gasteiger partial charge in [0.15, 0.2) is 6.61 Å². The van der Waals surface area contributed by atoms with Crippen molar-refractivity contribution in [3.8, 4) is 5.75 Å². The maximum Gasteiger partial charge on any atom is 0.262 e. The molecule has 2 aliphatic rings. The minimum Gasteiger partial charge on any atom is -0.482 e. The second kappa shape index (κ2) is 8.08. The first-order chi connectivity index (χ1) is 14.3. The number of amides is 2. The largest absolute Gasteiger partial charge is 0.482 e. The van der Waals surface area contributed by atoms with E-state index in [1.54, 1.807) is 0 Å². The number of nitrogens with zero attached hydrogens (tertiary/aromatic N) is 1. The van der Waals surface area contributed by atoms with Gasteiger partial charge in [-0.2, -0.15) is 4.31 Å². The normalized spacial score (nSPS) is 19.4. The topological polar surface area (TPSA) is 105 Å². The molecule has 30 heavy (non-hydrogen) atoms. The zero-order valence-corrected chi connectivity index (χ0v) is 17.4. The third-order valence-corrected chi connectivity index (χ3v) is 7.16. The highest BCUT2D eigenvalue weighted by Crippen LogP contribution is 2.32. The van der Waals surface area contributed by atoms with Gasteiger partial charge in [-0.25, -0.2) is 8.42 Å². The van der Waals surface area contributed by atoms with E-state index >= 15 is 0 Å². The van der Waals surface area contributed by atoms with Crippen LogP contribution < -0.4 is 15.4 Å². The van der Waals surface area contributed by atoms with Gasteiger partial charge in [0.05, 0.1) is 16.5 Å². The van der Waals surface area contributed by atoms with Crippen molar-refractivity contribution in [3.05, 3.63) is 48.0 Å². The lowest BCUT2D eigenvalue weighted by Gasteiger charge is -2.31. The van der Waals surface area contributed by atoms with Crippen LogP contribution in [0.1, 0.15) is 18.4 Å². The number of anilines is 2. The number of hydrogen-bond acceptors (Lipinski definition) is 5. The first-order valence-corrected chi connectivity index (χ1v) is 11.2. The molecule has 0 aliphatic carbocycles. The Morgan fingerprint density at radius 3 is 2.73 bits per heavy atom. The minimum absolute atomic E-state index is 0.0617. The summed E-state index contributed by atoms with van der Waals surface area (Å²) in [5.41, 5.74) is 2.11. The van der Waals surface area contributed by atoms with Crippen LogP contribution in [0, 0.1) is 12.8 Å². The molecule has 2 N–H and O–H groups in total. The predicted octanol–water partition coefficient (Wildman–Crippen LogP) is 2.37. The molecule has 1 fully saturated rings. The van der Waals surface area contributed by atoms with Crippen molar-refractivity contribution in [2.45, 2.75) is 24.7 Å². The van der Waals surface area contributed by atoms with Gasteiger partial charge in [-0.15, -0.1) is 0 Å². The van der Waals surface area contributed by atoms with Crippen LogP contribution in [-0.4, -0.2) is 44.2 Å². The summed E-state index contributed by atoms with van der Waals surface area (Å²) in [6.45, 7) is 2.33. The van der Waals surface area contributed by atoms with Crippen molar-refractivity contribution in [1.82, 2.24) is 4.31 Å². The first-order valence-electron chi connectivity index (χ1n) is 9.77. The van der Waals surface area contributed by atoms with Crippen LogP contribution in [0.3, 0.4) is 0 Å². The quantitative estimate of drug-likeness (QED) is 0.776. The summed E-state index contributed by atoms with van der Waals surface area (Å²) in [5, 5.41) is 5.49.